The van der Waals surface area contributed by atoms with Crippen molar-refractivity contribution < 1.29 is 19.1 Å². The van der Waals surface area contributed by atoms with Gasteiger partial charge in [-0.05, 0) is 6.42 Å². The average Bonchev–Trinajstić information content (AvgIpc) is 2.12. The van der Waals surface area contributed by atoms with Crippen LogP contribution in [0.3, 0.4) is 0 Å². The first-order valence-corrected chi connectivity index (χ1v) is 5.61. The number of carbonyl (C=O) groups excluding carboxylic acids is 2. The SMILES string of the molecule is CCCOC(=O)CC(CBr)OC(C)=O. The first-order chi connectivity index (χ1) is 6.60. The van der Waals surface area contributed by atoms with E-state index in [4.69, 9.17) is 9.47 Å². The maximum atomic E-state index is 11.1. The highest BCUT2D eigenvalue weighted by atomic mass is 79.9. The van der Waals surface area contributed by atoms with Crippen LogP contribution in [0.1, 0.15) is 26.7 Å². The molecule has 0 N–H and O–H groups in total. The van der Waals surface area contributed by atoms with Crippen LogP contribution in [-0.2, 0) is 19.1 Å². The Morgan fingerprint density at radius 1 is 1.43 bits per heavy atom. The van der Waals surface area contributed by atoms with Gasteiger partial charge in [-0.1, -0.05) is 22.9 Å². The van der Waals surface area contributed by atoms with Crippen molar-refractivity contribution in [2.45, 2.75) is 32.8 Å². The van der Waals surface area contributed by atoms with Crippen molar-refractivity contribution >= 4 is 27.9 Å². The van der Waals surface area contributed by atoms with E-state index in [0.717, 1.165) is 6.42 Å². The summed E-state index contributed by atoms with van der Waals surface area (Å²) in [7, 11) is 0. The van der Waals surface area contributed by atoms with Crippen molar-refractivity contribution in [3.8, 4) is 0 Å². The molecular weight excluding hydrogens is 252 g/mol. The lowest BCUT2D eigenvalue weighted by atomic mass is 10.3. The first-order valence-electron chi connectivity index (χ1n) is 4.49. The van der Waals surface area contributed by atoms with E-state index < -0.39 is 12.1 Å². The summed E-state index contributed by atoms with van der Waals surface area (Å²) in [6.45, 7) is 3.64. The zero-order valence-electron chi connectivity index (χ0n) is 8.42. The van der Waals surface area contributed by atoms with E-state index in [1.807, 2.05) is 6.92 Å². The molecule has 0 fully saturated rings. The molecule has 0 aliphatic rings. The summed E-state index contributed by atoms with van der Waals surface area (Å²) in [4.78, 5) is 21.7. The monoisotopic (exact) mass is 266 g/mol. The van der Waals surface area contributed by atoms with Gasteiger partial charge < -0.3 is 9.47 Å². The number of ether oxygens (including phenoxy) is 2. The summed E-state index contributed by atoms with van der Waals surface area (Å²) < 4.78 is 9.72. The molecule has 0 aromatic carbocycles. The summed E-state index contributed by atoms with van der Waals surface area (Å²) >= 11 is 3.16. The Bertz CT molecular complexity index is 193. The number of esters is 2. The van der Waals surface area contributed by atoms with Crippen molar-refractivity contribution in [1.82, 2.24) is 0 Å². The van der Waals surface area contributed by atoms with Crippen molar-refractivity contribution in [3.05, 3.63) is 0 Å². The summed E-state index contributed by atoms with van der Waals surface area (Å²) in [5.74, 6) is -0.727. The molecule has 0 rings (SSSR count). The standard InChI is InChI=1S/C9H15BrO4/c1-3-4-13-9(12)5-8(6-10)14-7(2)11/h8H,3-6H2,1-2H3. The molecule has 0 aromatic heterocycles. The van der Waals surface area contributed by atoms with Crippen LogP contribution in [0.15, 0.2) is 0 Å². The van der Waals surface area contributed by atoms with Crippen molar-refractivity contribution in [2.24, 2.45) is 0 Å². The second kappa shape index (κ2) is 7.79. The van der Waals surface area contributed by atoms with Gasteiger partial charge in [0, 0.05) is 12.3 Å². The quantitative estimate of drug-likeness (QED) is 0.542. The van der Waals surface area contributed by atoms with E-state index in [0.29, 0.717) is 11.9 Å². The number of hydrogen-bond donors (Lipinski definition) is 0. The third-order valence-electron chi connectivity index (χ3n) is 1.37. The average molecular weight is 267 g/mol. The molecule has 0 spiro atoms. The summed E-state index contributed by atoms with van der Waals surface area (Å²) in [5, 5.41) is 0.438. The third-order valence-corrected chi connectivity index (χ3v) is 2.09. The highest BCUT2D eigenvalue weighted by molar-refractivity contribution is 9.09. The zero-order chi connectivity index (χ0) is 11.0. The van der Waals surface area contributed by atoms with Crippen LogP contribution in [0.2, 0.25) is 0 Å². The fourth-order valence-corrected chi connectivity index (χ4v) is 1.18. The summed E-state index contributed by atoms with van der Waals surface area (Å²) in [6.07, 6.45) is 0.459. The Balaban J connectivity index is 3.80. The van der Waals surface area contributed by atoms with Crippen LogP contribution in [-0.4, -0.2) is 30.0 Å². The Hall–Kier alpha value is -0.580. The lowest BCUT2D eigenvalue weighted by Gasteiger charge is -2.13. The second-order valence-electron chi connectivity index (χ2n) is 2.81. The van der Waals surface area contributed by atoms with Gasteiger partial charge in [0.1, 0.15) is 6.10 Å². The molecule has 82 valence electrons. The Morgan fingerprint density at radius 3 is 2.50 bits per heavy atom. The van der Waals surface area contributed by atoms with Gasteiger partial charge in [0.15, 0.2) is 0 Å². The van der Waals surface area contributed by atoms with Gasteiger partial charge in [0.05, 0.1) is 13.0 Å². The van der Waals surface area contributed by atoms with E-state index in [1.54, 1.807) is 0 Å². The van der Waals surface area contributed by atoms with Crippen molar-refractivity contribution in [1.29, 1.82) is 0 Å². The second-order valence-corrected chi connectivity index (χ2v) is 3.46. The van der Waals surface area contributed by atoms with Crippen LogP contribution in [0.4, 0.5) is 0 Å². The minimum absolute atomic E-state index is 0.102. The lowest BCUT2D eigenvalue weighted by molar-refractivity contribution is -0.152. The first kappa shape index (κ1) is 13.4. The van der Waals surface area contributed by atoms with Gasteiger partial charge >= 0.3 is 11.9 Å². The maximum absolute atomic E-state index is 11.1. The van der Waals surface area contributed by atoms with Gasteiger partial charge in [0.2, 0.25) is 0 Å². The number of halogens is 1. The van der Waals surface area contributed by atoms with Gasteiger partial charge in [-0.2, -0.15) is 0 Å². The molecule has 4 nitrogen and oxygen atoms in total. The highest BCUT2D eigenvalue weighted by Gasteiger charge is 2.16. The summed E-state index contributed by atoms with van der Waals surface area (Å²) in [6, 6.07) is 0. The molecule has 0 saturated heterocycles. The molecule has 0 bridgehead atoms. The molecule has 0 heterocycles. The van der Waals surface area contributed by atoms with E-state index in [1.165, 1.54) is 6.92 Å². The number of rotatable bonds is 6. The van der Waals surface area contributed by atoms with Gasteiger partial charge in [-0.3, -0.25) is 9.59 Å². The van der Waals surface area contributed by atoms with Crippen molar-refractivity contribution in [3.63, 3.8) is 0 Å². The largest absolute Gasteiger partial charge is 0.466 e. The molecule has 0 amide bonds. The smallest absolute Gasteiger partial charge is 0.309 e. The molecule has 0 aliphatic heterocycles. The minimum Gasteiger partial charge on any atom is -0.466 e. The predicted molar refractivity (Wildman–Crippen MR) is 55.2 cm³/mol. The molecular formula is C9H15BrO4. The van der Waals surface area contributed by atoms with E-state index in [2.05, 4.69) is 15.9 Å². The van der Waals surface area contributed by atoms with E-state index in [9.17, 15) is 9.59 Å². The fourth-order valence-electron chi connectivity index (χ4n) is 0.823. The van der Waals surface area contributed by atoms with Crippen LogP contribution in [0, 0.1) is 0 Å². The summed E-state index contributed by atoms with van der Waals surface area (Å²) in [5.41, 5.74) is 0. The molecule has 0 aliphatic carbocycles. The van der Waals surface area contributed by atoms with Gasteiger partial charge in [-0.15, -0.1) is 0 Å². The molecule has 14 heavy (non-hydrogen) atoms. The number of alkyl halides is 1. The molecule has 0 radical (unpaired) electrons. The normalized spacial score (nSPS) is 11.9. The molecule has 5 heteroatoms. The van der Waals surface area contributed by atoms with Crippen LogP contribution >= 0.6 is 15.9 Å². The minimum atomic E-state index is -0.433. The van der Waals surface area contributed by atoms with Crippen LogP contribution in [0.25, 0.3) is 0 Å². The predicted octanol–water partition coefficient (Wildman–Crippen LogP) is 1.66. The Labute approximate surface area is 92.1 Å². The number of hydrogen-bond acceptors (Lipinski definition) is 4. The van der Waals surface area contributed by atoms with Crippen LogP contribution < -0.4 is 0 Å². The van der Waals surface area contributed by atoms with Crippen LogP contribution in [0.5, 0.6) is 0 Å². The molecule has 0 saturated carbocycles. The highest BCUT2D eigenvalue weighted by Crippen LogP contribution is 2.05. The lowest BCUT2D eigenvalue weighted by Crippen LogP contribution is -2.23. The van der Waals surface area contributed by atoms with Gasteiger partial charge in [-0.25, -0.2) is 0 Å². The van der Waals surface area contributed by atoms with Gasteiger partial charge in [0.25, 0.3) is 0 Å². The Morgan fingerprint density at radius 2 is 2.07 bits per heavy atom. The third kappa shape index (κ3) is 6.88. The number of carbonyl (C=O) groups is 2. The van der Waals surface area contributed by atoms with Crippen molar-refractivity contribution in [2.75, 3.05) is 11.9 Å². The zero-order valence-corrected chi connectivity index (χ0v) is 10.0. The Kier molecular flexibility index (Phi) is 7.47. The molecule has 1 atom stereocenters. The molecule has 1 unspecified atom stereocenters. The fraction of sp³-hybridized carbons (Fsp3) is 0.778. The van der Waals surface area contributed by atoms with E-state index in [-0.39, 0.29) is 12.4 Å². The molecule has 0 aromatic rings. The maximum Gasteiger partial charge on any atom is 0.309 e. The van der Waals surface area contributed by atoms with E-state index >= 15 is 0 Å². The topological polar surface area (TPSA) is 52.6 Å².